The predicted molar refractivity (Wildman–Crippen MR) is 75.4 cm³/mol. The summed E-state index contributed by atoms with van der Waals surface area (Å²) in [7, 11) is 0. The van der Waals surface area contributed by atoms with Gasteiger partial charge < -0.3 is 28.8 Å². The first-order chi connectivity index (χ1) is 13.2. The summed E-state index contributed by atoms with van der Waals surface area (Å²) in [5.41, 5.74) is 0. The van der Waals surface area contributed by atoms with Crippen molar-refractivity contribution in [3.8, 4) is 0 Å². The van der Waals surface area contributed by atoms with Gasteiger partial charge in [0, 0.05) is 33.1 Å². The molecule has 136 valence electrons. The lowest BCUT2D eigenvalue weighted by molar-refractivity contribution is -0.197. The fraction of sp³-hybridized carbons (Fsp3) is 0.643. The highest BCUT2D eigenvalue weighted by Gasteiger charge is 2.41. The minimum atomic E-state index is -2.09. The van der Waals surface area contributed by atoms with E-state index >= 15 is 0 Å². The quantitative estimate of drug-likeness (QED) is 0.309. The first-order valence-corrected chi connectivity index (χ1v) is 6.28. The van der Waals surface area contributed by atoms with Crippen LogP contribution in [0.3, 0.4) is 0 Å². The Kier molecular flexibility index (Phi) is 6.47. The molecule has 24 heavy (non-hydrogen) atoms. The van der Waals surface area contributed by atoms with Gasteiger partial charge in [-0.2, -0.15) is 0 Å². The number of carbonyl (C=O) groups is 5. The van der Waals surface area contributed by atoms with Crippen molar-refractivity contribution in [2.24, 2.45) is 0 Å². The van der Waals surface area contributed by atoms with E-state index in [1.807, 2.05) is 0 Å². The Morgan fingerprint density at radius 1 is 0.917 bits per heavy atom. The molecule has 0 amide bonds. The molecule has 0 unspecified atom stereocenters. The summed E-state index contributed by atoms with van der Waals surface area (Å²) < 4.78 is 46.8. The van der Waals surface area contributed by atoms with Gasteiger partial charge in [-0.15, -0.1) is 0 Å². The Balaban J connectivity index is 5.91. The predicted octanol–water partition coefficient (Wildman–Crippen LogP) is -1.10. The van der Waals surface area contributed by atoms with Crippen LogP contribution < -0.4 is 0 Å². The number of aliphatic hydroxyl groups excluding tert-OH is 1. The van der Waals surface area contributed by atoms with Crippen LogP contribution in [-0.2, 0) is 42.9 Å². The van der Waals surface area contributed by atoms with Gasteiger partial charge in [-0.1, -0.05) is 0 Å². The Morgan fingerprint density at radius 2 is 1.42 bits per heavy atom. The molecule has 10 nitrogen and oxygen atoms in total. The van der Waals surface area contributed by atoms with Crippen molar-refractivity contribution < 1.29 is 53.5 Å². The molecule has 0 aliphatic rings. The molecule has 0 aliphatic heterocycles. The average Bonchev–Trinajstić information content (AvgIpc) is 2.71. The Labute approximate surface area is 143 Å². The van der Waals surface area contributed by atoms with Crippen molar-refractivity contribution in [3.05, 3.63) is 0 Å². The van der Waals surface area contributed by atoms with Crippen molar-refractivity contribution in [2.75, 3.05) is 6.61 Å². The van der Waals surface area contributed by atoms with E-state index in [2.05, 4.69) is 4.74 Å². The highest BCUT2D eigenvalue weighted by molar-refractivity contribution is 5.69. The van der Waals surface area contributed by atoms with Crippen LogP contribution in [0.15, 0.2) is 0 Å². The molecule has 1 N–H and O–H groups in total. The molecule has 0 spiro atoms. The van der Waals surface area contributed by atoms with Crippen LogP contribution in [0.2, 0.25) is 0 Å². The van der Waals surface area contributed by atoms with Crippen molar-refractivity contribution >= 4 is 30.2 Å². The summed E-state index contributed by atoms with van der Waals surface area (Å²) >= 11 is 0. The number of carbonyl (C=O) groups excluding carboxylic acids is 5. The van der Waals surface area contributed by atoms with Crippen molar-refractivity contribution in [1.82, 2.24) is 0 Å². The number of rotatable bonds is 9. The molecule has 0 saturated heterocycles. The first kappa shape index (κ1) is 15.1. The van der Waals surface area contributed by atoms with E-state index in [-0.39, 0.29) is 6.29 Å². The zero-order valence-corrected chi connectivity index (χ0v) is 12.5. The van der Waals surface area contributed by atoms with Gasteiger partial charge in [0.25, 0.3) is 0 Å². The SMILES string of the molecule is [2H]CC(=O)OC[C@@H](OC(=O)C[2H])[C@@H](OC(=O)C[2H])[C@H](OC(=O)C[2H])[C@@H](O)C=O. The maximum Gasteiger partial charge on any atom is 0.303 e. The van der Waals surface area contributed by atoms with Crippen molar-refractivity contribution in [2.45, 2.75) is 52.0 Å². The molecule has 0 rings (SSSR count). The second-order valence-corrected chi connectivity index (χ2v) is 4.25. The molecular formula is C14H20O10. The van der Waals surface area contributed by atoms with Gasteiger partial charge in [-0.3, -0.25) is 19.2 Å². The van der Waals surface area contributed by atoms with Crippen LogP contribution in [0.4, 0.5) is 0 Å². The van der Waals surface area contributed by atoms with Gasteiger partial charge in [0.2, 0.25) is 0 Å². The highest BCUT2D eigenvalue weighted by atomic mass is 16.6. The number of hydrogen-bond acceptors (Lipinski definition) is 10. The molecular weight excluding hydrogens is 328 g/mol. The molecule has 0 radical (unpaired) electrons. The van der Waals surface area contributed by atoms with Crippen LogP contribution in [-0.4, -0.2) is 66.3 Å². The fourth-order valence-corrected chi connectivity index (χ4v) is 1.61. The minimum absolute atomic E-state index is 0.0807. The Hall–Kier alpha value is -2.49. The van der Waals surface area contributed by atoms with E-state index in [4.69, 9.17) is 19.7 Å². The van der Waals surface area contributed by atoms with Gasteiger partial charge >= 0.3 is 23.9 Å². The summed E-state index contributed by atoms with van der Waals surface area (Å²) in [6.07, 6.45) is -7.81. The van der Waals surface area contributed by atoms with E-state index < -0.39 is 82.5 Å². The molecule has 0 aliphatic carbocycles. The molecule has 0 bridgehead atoms. The zero-order chi connectivity index (χ0) is 21.7. The highest BCUT2D eigenvalue weighted by Crippen LogP contribution is 2.17. The number of aldehydes is 1. The topological polar surface area (TPSA) is 143 Å². The number of esters is 4. The van der Waals surface area contributed by atoms with Crippen molar-refractivity contribution in [3.63, 3.8) is 0 Å². The number of hydrogen-bond donors (Lipinski definition) is 1. The largest absolute Gasteiger partial charge is 0.462 e. The molecule has 0 heterocycles. The smallest absolute Gasteiger partial charge is 0.303 e. The van der Waals surface area contributed by atoms with Crippen LogP contribution in [0.1, 0.15) is 33.1 Å². The number of aliphatic hydroxyl groups is 1. The Bertz CT molecular complexity index is 558. The first-order valence-electron chi connectivity index (χ1n) is 9.11. The van der Waals surface area contributed by atoms with Crippen LogP contribution >= 0.6 is 0 Å². The maximum atomic E-state index is 11.6. The molecule has 0 saturated carbocycles. The van der Waals surface area contributed by atoms with Crippen LogP contribution in [0, 0.1) is 0 Å². The van der Waals surface area contributed by atoms with E-state index in [1.165, 1.54) is 0 Å². The lowest BCUT2D eigenvalue weighted by atomic mass is 10.0. The second-order valence-electron chi connectivity index (χ2n) is 4.25. The van der Waals surface area contributed by atoms with Crippen LogP contribution in [0.5, 0.6) is 0 Å². The van der Waals surface area contributed by atoms with Gasteiger partial charge in [-0.25, -0.2) is 0 Å². The average molecular weight is 352 g/mol. The third-order valence-corrected chi connectivity index (χ3v) is 2.39. The summed E-state index contributed by atoms with van der Waals surface area (Å²) in [5, 5.41) is 9.82. The van der Waals surface area contributed by atoms with Crippen molar-refractivity contribution in [1.29, 1.82) is 0 Å². The monoisotopic (exact) mass is 352 g/mol. The van der Waals surface area contributed by atoms with Gasteiger partial charge in [0.15, 0.2) is 24.6 Å². The molecule has 0 aromatic heterocycles. The van der Waals surface area contributed by atoms with E-state index in [0.717, 1.165) is 0 Å². The lowest BCUT2D eigenvalue weighted by Crippen LogP contribution is -2.52. The molecule has 0 fully saturated rings. The summed E-state index contributed by atoms with van der Waals surface area (Å²) in [5.74, 6) is -4.70. The van der Waals surface area contributed by atoms with E-state index in [9.17, 15) is 29.1 Å². The zero-order valence-electron chi connectivity index (χ0n) is 16.5. The van der Waals surface area contributed by atoms with Gasteiger partial charge in [0.05, 0.1) is 0 Å². The summed E-state index contributed by atoms with van der Waals surface area (Å²) in [4.78, 5) is 56.7. The third-order valence-electron chi connectivity index (χ3n) is 2.39. The molecule has 10 heteroatoms. The number of ether oxygens (including phenoxy) is 4. The van der Waals surface area contributed by atoms with Crippen LogP contribution in [0.25, 0.3) is 0 Å². The maximum absolute atomic E-state index is 11.6. The minimum Gasteiger partial charge on any atom is -0.462 e. The standard InChI is InChI=1S/C14H20O10/c1-7(16)21-6-12(22-8(2)17)14(24-10(4)19)13(11(20)5-15)23-9(3)18/h5,11-14,20H,6H2,1-4H3/t11-,12+,13+,14+/m0/s1/i1D,2D,3D,4D. The lowest BCUT2D eigenvalue weighted by Gasteiger charge is -2.32. The normalized spacial score (nSPS) is 17.4. The molecule has 0 aromatic carbocycles. The molecule has 4 atom stereocenters. The fourth-order valence-electron chi connectivity index (χ4n) is 1.61. The molecule has 0 aromatic rings. The summed E-state index contributed by atoms with van der Waals surface area (Å²) in [6.45, 7) is -4.38. The summed E-state index contributed by atoms with van der Waals surface area (Å²) in [6, 6.07) is 0. The Morgan fingerprint density at radius 3 is 1.92 bits per heavy atom. The third kappa shape index (κ3) is 8.22. The van der Waals surface area contributed by atoms with Gasteiger partial charge in [0.1, 0.15) is 12.7 Å². The van der Waals surface area contributed by atoms with Gasteiger partial charge in [-0.05, 0) is 0 Å². The van der Waals surface area contributed by atoms with E-state index in [1.54, 1.807) is 0 Å². The second kappa shape index (κ2) is 10.3. The van der Waals surface area contributed by atoms with E-state index in [0.29, 0.717) is 0 Å².